The van der Waals surface area contributed by atoms with E-state index in [4.69, 9.17) is 10.5 Å². The minimum Gasteiger partial charge on any atom is -0.376 e. The highest BCUT2D eigenvalue weighted by Crippen LogP contribution is 2.29. The molecule has 20 heavy (non-hydrogen) atoms. The Hall–Kier alpha value is -1.46. The number of benzene rings is 1. The average molecular weight is 278 g/mol. The molecule has 0 aliphatic heterocycles. The van der Waals surface area contributed by atoms with Crippen molar-refractivity contribution in [3.8, 4) is 0 Å². The van der Waals surface area contributed by atoms with E-state index in [2.05, 4.69) is 0 Å². The molecule has 5 nitrogen and oxygen atoms in total. The molecule has 0 aromatic heterocycles. The van der Waals surface area contributed by atoms with Crippen molar-refractivity contribution in [2.45, 2.75) is 32.3 Å². The second kappa shape index (κ2) is 7.36. The minimum atomic E-state index is -0.390. The lowest BCUT2D eigenvalue weighted by atomic mass is 9.80. The largest absolute Gasteiger partial charge is 0.376 e. The summed E-state index contributed by atoms with van der Waals surface area (Å²) in [5, 5.41) is 10.6. The molecule has 0 amide bonds. The van der Waals surface area contributed by atoms with Crippen LogP contribution in [0.3, 0.4) is 0 Å². The zero-order valence-corrected chi connectivity index (χ0v) is 11.7. The van der Waals surface area contributed by atoms with E-state index in [-0.39, 0.29) is 5.69 Å². The molecule has 1 fully saturated rings. The molecule has 5 heteroatoms. The highest BCUT2D eigenvalue weighted by molar-refractivity contribution is 5.32. The van der Waals surface area contributed by atoms with Crippen LogP contribution in [0.4, 0.5) is 5.69 Å². The smallest absolute Gasteiger partial charge is 0.269 e. The lowest BCUT2D eigenvalue weighted by Gasteiger charge is -2.30. The molecule has 1 aromatic rings. The predicted octanol–water partition coefficient (Wildman–Crippen LogP) is 2.88. The van der Waals surface area contributed by atoms with Gasteiger partial charge in [-0.3, -0.25) is 10.1 Å². The van der Waals surface area contributed by atoms with Crippen molar-refractivity contribution in [1.82, 2.24) is 0 Å². The summed E-state index contributed by atoms with van der Waals surface area (Å²) in [4.78, 5) is 10.2. The Morgan fingerprint density at radius 1 is 1.20 bits per heavy atom. The fourth-order valence-corrected chi connectivity index (χ4v) is 2.86. The summed E-state index contributed by atoms with van der Waals surface area (Å²) in [5.41, 5.74) is 6.89. The zero-order valence-electron chi connectivity index (χ0n) is 11.7. The van der Waals surface area contributed by atoms with Crippen molar-refractivity contribution >= 4 is 5.69 Å². The van der Waals surface area contributed by atoms with Gasteiger partial charge < -0.3 is 10.5 Å². The fraction of sp³-hybridized carbons (Fsp3) is 0.600. The van der Waals surface area contributed by atoms with E-state index in [0.29, 0.717) is 18.4 Å². The van der Waals surface area contributed by atoms with E-state index in [9.17, 15) is 10.1 Å². The normalized spacial score (nSPS) is 22.6. The molecule has 0 bridgehead atoms. The monoisotopic (exact) mass is 278 g/mol. The van der Waals surface area contributed by atoms with Crippen LogP contribution in [0, 0.1) is 22.0 Å². The van der Waals surface area contributed by atoms with E-state index in [1.54, 1.807) is 12.1 Å². The summed E-state index contributed by atoms with van der Waals surface area (Å²) in [6.45, 7) is 1.98. The predicted molar refractivity (Wildman–Crippen MR) is 77.3 cm³/mol. The molecule has 2 rings (SSSR count). The molecule has 110 valence electrons. The van der Waals surface area contributed by atoms with Gasteiger partial charge in [0.25, 0.3) is 5.69 Å². The molecular formula is C15H22N2O3. The molecule has 0 spiro atoms. The topological polar surface area (TPSA) is 78.4 Å². The molecule has 1 aliphatic rings. The summed E-state index contributed by atoms with van der Waals surface area (Å²) in [7, 11) is 0. The summed E-state index contributed by atoms with van der Waals surface area (Å²) in [5.74, 6) is 1.15. The van der Waals surface area contributed by atoms with Crippen LogP contribution in [0.1, 0.15) is 31.2 Å². The maximum absolute atomic E-state index is 10.6. The SMILES string of the molecule is NCC1CCCCC1COCc1ccc([N+](=O)[O-])cc1. The molecule has 2 unspecified atom stereocenters. The lowest BCUT2D eigenvalue weighted by molar-refractivity contribution is -0.384. The Bertz CT molecular complexity index is 433. The van der Waals surface area contributed by atoms with Crippen molar-refractivity contribution in [2.24, 2.45) is 17.6 Å². The van der Waals surface area contributed by atoms with Gasteiger partial charge in [0.1, 0.15) is 0 Å². The quantitative estimate of drug-likeness (QED) is 0.641. The van der Waals surface area contributed by atoms with Crippen molar-refractivity contribution in [3.63, 3.8) is 0 Å². The first-order chi connectivity index (χ1) is 9.70. The summed E-state index contributed by atoms with van der Waals surface area (Å²) in [6.07, 6.45) is 4.95. The summed E-state index contributed by atoms with van der Waals surface area (Å²) in [6, 6.07) is 6.53. The van der Waals surface area contributed by atoms with Gasteiger partial charge in [0.2, 0.25) is 0 Å². The number of non-ortho nitro benzene ring substituents is 1. The molecule has 1 aliphatic carbocycles. The second-order valence-corrected chi connectivity index (χ2v) is 5.48. The first kappa shape index (κ1) is 14.9. The molecule has 0 heterocycles. The number of hydrogen-bond donors (Lipinski definition) is 1. The molecule has 0 saturated heterocycles. The van der Waals surface area contributed by atoms with Crippen LogP contribution in [-0.4, -0.2) is 18.1 Å². The van der Waals surface area contributed by atoms with Crippen molar-refractivity contribution in [2.75, 3.05) is 13.2 Å². The van der Waals surface area contributed by atoms with Gasteiger partial charge in [0.15, 0.2) is 0 Å². The van der Waals surface area contributed by atoms with Crippen LogP contribution in [-0.2, 0) is 11.3 Å². The highest BCUT2D eigenvalue weighted by atomic mass is 16.6. The number of rotatable bonds is 6. The van der Waals surface area contributed by atoms with Crippen molar-refractivity contribution < 1.29 is 9.66 Å². The average Bonchev–Trinajstić information content (AvgIpc) is 2.48. The van der Waals surface area contributed by atoms with Crippen LogP contribution < -0.4 is 5.73 Å². The van der Waals surface area contributed by atoms with Gasteiger partial charge in [-0.05, 0) is 48.9 Å². The van der Waals surface area contributed by atoms with Gasteiger partial charge in [-0.1, -0.05) is 12.8 Å². The highest BCUT2D eigenvalue weighted by Gasteiger charge is 2.23. The maximum atomic E-state index is 10.6. The van der Waals surface area contributed by atoms with E-state index in [1.165, 1.54) is 37.8 Å². The Morgan fingerprint density at radius 3 is 2.45 bits per heavy atom. The molecular weight excluding hydrogens is 256 g/mol. The van der Waals surface area contributed by atoms with E-state index < -0.39 is 4.92 Å². The molecule has 1 saturated carbocycles. The van der Waals surface area contributed by atoms with Gasteiger partial charge in [0, 0.05) is 12.1 Å². The fourth-order valence-electron chi connectivity index (χ4n) is 2.86. The molecule has 2 N–H and O–H groups in total. The first-order valence-electron chi connectivity index (χ1n) is 7.22. The Kier molecular flexibility index (Phi) is 5.49. The number of nitrogens with two attached hydrogens (primary N) is 1. The summed E-state index contributed by atoms with van der Waals surface area (Å²) >= 11 is 0. The number of nitro groups is 1. The van der Waals surface area contributed by atoms with Gasteiger partial charge in [-0.15, -0.1) is 0 Å². The van der Waals surface area contributed by atoms with E-state index >= 15 is 0 Å². The van der Waals surface area contributed by atoms with E-state index in [1.807, 2.05) is 0 Å². The third-order valence-electron chi connectivity index (χ3n) is 4.12. The van der Waals surface area contributed by atoms with Crippen LogP contribution in [0.15, 0.2) is 24.3 Å². The summed E-state index contributed by atoms with van der Waals surface area (Å²) < 4.78 is 5.77. The maximum Gasteiger partial charge on any atom is 0.269 e. The Labute approximate surface area is 119 Å². The van der Waals surface area contributed by atoms with Gasteiger partial charge in [-0.2, -0.15) is 0 Å². The number of nitrogens with zero attached hydrogens (tertiary/aromatic N) is 1. The third-order valence-corrected chi connectivity index (χ3v) is 4.12. The number of ether oxygens (including phenoxy) is 1. The van der Waals surface area contributed by atoms with Gasteiger partial charge >= 0.3 is 0 Å². The Balaban J connectivity index is 1.78. The number of nitro benzene ring substituents is 1. The van der Waals surface area contributed by atoms with Crippen molar-refractivity contribution in [1.29, 1.82) is 0 Å². The van der Waals surface area contributed by atoms with Crippen LogP contribution in [0.25, 0.3) is 0 Å². The number of hydrogen-bond acceptors (Lipinski definition) is 4. The first-order valence-corrected chi connectivity index (χ1v) is 7.22. The van der Waals surface area contributed by atoms with E-state index in [0.717, 1.165) is 18.7 Å². The Morgan fingerprint density at radius 2 is 1.85 bits per heavy atom. The molecule has 1 aromatic carbocycles. The molecule has 0 radical (unpaired) electrons. The lowest BCUT2D eigenvalue weighted by Crippen LogP contribution is -2.29. The van der Waals surface area contributed by atoms with Gasteiger partial charge in [-0.25, -0.2) is 0 Å². The van der Waals surface area contributed by atoms with Crippen LogP contribution in [0.5, 0.6) is 0 Å². The van der Waals surface area contributed by atoms with Crippen LogP contribution >= 0.6 is 0 Å². The molecule has 2 atom stereocenters. The standard InChI is InChI=1S/C15H22N2O3/c16-9-13-3-1-2-4-14(13)11-20-10-12-5-7-15(8-6-12)17(18)19/h5-8,13-14H,1-4,9-11,16H2. The third kappa shape index (κ3) is 4.02. The second-order valence-electron chi connectivity index (χ2n) is 5.48. The van der Waals surface area contributed by atoms with Crippen molar-refractivity contribution in [3.05, 3.63) is 39.9 Å². The van der Waals surface area contributed by atoms with Gasteiger partial charge in [0.05, 0.1) is 18.1 Å². The zero-order chi connectivity index (χ0) is 14.4. The van der Waals surface area contributed by atoms with Crippen LogP contribution in [0.2, 0.25) is 0 Å². The minimum absolute atomic E-state index is 0.115.